The maximum atomic E-state index is 6.64. The molecule has 2 aromatic carbocycles. The van der Waals surface area contributed by atoms with E-state index in [-0.39, 0.29) is 19.8 Å². The first-order chi connectivity index (χ1) is 35.2. The lowest BCUT2D eigenvalue weighted by Crippen LogP contribution is -2.35. The summed E-state index contributed by atoms with van der Waals surface area (Å²) in [4.78, 5) is 37.9. The SMILES string of the molecule is C.CCN(CC)c1ccc(Nc2nc(NCC3CCCN3CC)nc(NC3CCCCCC3)n2)cc1Cl.CCN(CC)c1ccc(Nc2nc(NCC3CCCN3CC)nc(NC3CCCCCC3)n2)cc1Cl.Cl. The average molecular weight is 1080 g/mol. The van der Waals surface area contributed by atoms with Crippen LogP contribution in [0.4, 0.5) is 58.4 Å². The highest BCUT2D eigenvalue weighted by Crippen LogP contribution is 2.32. The summed E-state index contributed by atoms with van der Waals surface area (Å²) in [5.41, 5.74) is 3.80. The lowest BCUT2D eigenvalue weighted by molar-refractivity contribution is 0.276. The van der Waals surface area contributed by atoms with Gasteiger partial charge >= 0.3 is 0 Å². The first-order valence-electron chi connectivity index (χ1n) is 27.8. The van der Waals surface area contributed by atoms with E-state index in [0.29, 0.717) is 69.9 Å². The Labute approximate surface area is 461 Å². The molecule has 2 saturated carbocycles. The minimum absolute atomic E-state index is 0. The number of rotatable bonds is 22. The van der Waals surface area contributed by atoms with Crippen LogP contribution in [-0.4, -0.2) is 129 Å². The Kier molecular flexibility index (Phi) is 25.9. The van der Waals surface area contributed by atoms with E-state index < -0.39 is 0 Å². The Morgan fingerprint density at radius 1 is 0.473 bits per heavy atom. The fourth-order valence-corrected chi connectivity index (χ4v) is 11.5. The number of nitrogens with one attached hydrogen (secondary N) is 6. The first kappa shape index (κ1) is 60.5. The van der Waals surface area contributed by atoms with Crippen molar-refractivity contribution < 1.29 is 0 Å². The number of halogens is 3. The zero-order valence-electron chi connectivity index (χ0n) is 44.8. The normalized spacial score (nSPS) is 18.6. The van der Waals surface area contributed by atoms with Crippen molar-refractivity contribution in [2.75, 3.05) is 107 Å². The number of likely N-dealkylation sites (tertiary alicyclic amines) is 2. The lowest BCUT2D eigenvalue weighted by Gasteiger charge is -2.23. The smallest absolute Gasteiger partial charge is 0.233 e. The largest absolute Gasteiger partial charge is 0.371 e. The minimum Gasteiger partial charge on any atom is -0.371 e. The third kappa shape index (κ3) is 17.9. The quantitative estimate of drug-likeness (QED) is 0.0412. The van der Waals surface area contributed by atoms with Gasteiger partial charge in [-0.2, -0.15) is 29.9 Å². The molecular weight excluding hydrogens is 991 g/mol. The van der Waals surface area contributed by atoms with Crippen molar-refractivity contribution in [3.8, 4) is 0 Å². The number of nitrogens with zero attached hydrogens (tertiary/aromatic N) is 10. The molecule has 0 amide bonds. The summed E-state index contributed by atoms with van der Waals surface area (Å²) in [5, 5.41) is 22.4. The molecule has 4 fully saturated rings. The summed E-state index contributed by atoms with van der Waals surface area (Å²) < 4.78 is 0. The Morgan fingerprint density at radius 3 is 1.16 bits per heavy atom. The van der Waals surface area contributed by atoms with Gasteiger partial charge in [0.1, 0.15) is 0 Å². The second-order valence-corrected chi connectivity index (χ2v) is 20.6. The summed E-state index contributed by atoms with van der Waals surface area (Å²) in [6.45, 7) is 22.9. The van der Waals surface area contributed by atoms with Gasteiger partial charge in [-0.15, -0.1) is 12.4 Å². The van der Waals surface area contributed by atoms with E-state index in [0.717, 1.165) is 101 Å². The number of benzene rings is 2. The van der Waals surface area contributed by atoms with Gasteiger partial charge in [0.25, 0.3) is 0 Å². The summed E-state index contributed by atoms with van der Waals surface area (Å²) in [5.74, 6) is 3.52. The van der Waals surface area contributed by atoms with Gasteiger partial charge in [-0.05, 0) is 142 Å². The molecule has 2 unspecified atom stereocenters. The number of aromatic nitrogens is 6. The molecule has 6 N–H and O–H groups in total. The van der Waals surface area contributed by atoms with Crippen LogP contribution < -0.4 is 41.7 Å². The molecule has 4 aliphatic rings. The molecule has 2 aliphatic heterocycles. The Morgan fingerprint density at radius 2 is 0.824 bits per heavy atom. The molecule has 412 valence electrons. The van der Waals surface area contributed by atoms with E-state index >= 15 is 0 Å². The lowest BCUT2D eigenvalue weighted by atomic mass is 10.1. The third-order valence-electron chi connectivity index (χ3n) is 15.1. The number of hydrogen-bond acceptors (Lipinski definition) is 16. The number of likely N-dealkylation sites (N-methyl/N-ethyl adjacent to an activating group) is 2. The molecular formula is C55H91Cl3N16. The summed E-state index contributed by atoms with van der Waals surface area (Å²) >= 11 is 13.3. The highest BCUT2D eigenvalue weighted by Gasteiger charge is 2.25. The van der Waals surface area contributed by atoms with Crippen LogP contribution in [0.3, 0.4) is 0 Å². The fourth-order valence-electron chi connectivity index (χ4n) is 10.9. The van der Waals surface area contributed by atoms with E-state index in [9.17, 15) is 0 Å². The van der Waals surface area contributed by atoms with Crippen molar-refractivity contribution in [3.63, 3.8) is 0 Å². The molecule has 0 bridgehead atoms. The Balaban J connectivity index is 0.000000267. The zero-order chi connectivity index (χ0) is 50.7. The van der Waals surface area contributed by atoms with Crippen LogP contribution in [0.1, 0.15) is 152 Å². The topological polar surface area (TPSA) is 162 Å². The van der Waals surface area contributed by atoms with Gasteiger partial charge in [-0.1, -0.05) is 95.8 Å². The van der Waals surface area contributed by atoms with Crippen molar-refractivity contribution in [1.29, 1.82) is 0 Å². The maximum Gasteiger partial charge on any atom is 0.233 e. The van der Waals surface area contributed by atoms with E-state index in [2.05, 4.69) is 105 Å². The predicted octanol–water partition coefficient (Wildman–Crippen LogP) is 13.3. The molecule has 2 atom stereocenters. The van der Waals surface area contributed by atoms with Crippen molar-refractivity contribution in [3.05, 3.63) is 46.4 Å². The van der Waals surface area contributed by atoms with Crippen molar-refractivity contribution in [2.45, 2.75) is 176 Å². The van der Waals surface area contributed by atoms with Crippen molar-refractivity contribution in [2.24, 2.45) is 0 Å². The molecule has 4 aromatic rings. The van der Waals surface area contributed by atoms with Crippen LogP contribution in [0.5, 0.6) is 0 Å². The van der Waals surface area contributed by atoms with Crippen LogP contribution in [0, 0.1) is 0 Å². The van der Waals surface area contributed by atoms with Gasteiger partial charge in [0.15, 0.2) is 0 Å². The molecule has 2 aliphatic carbocycles. The summed E-state index contributed by atoms with van der Waals surface area (Å²) in [6, 6.07) is 13.9. The van der Waals surface area contributed by atoms with Gasteiger partial charge in [-0.3, -0.25) is 9.80 Å². The van der Waals surface area contributed by atoms with Gasteiger partial charge < -0.3 is 41.7 Å². The molecule has 2 saturated heterocycles. The second kappa shape index (κ2) is 31.6. The molecule has 74 heavy (non-hydrogen) atoms. The van der Waals surface area contributed by atoms with E-state index in [1.165, 1.54) is 90.1 Å². The number of hydrogen-bond donors (Lipinski definition) is 6. The van der Waals surface area contributed by atoms with Crippen LogP contribution in [0.2, 0.25) is 10.0 Å². The average Bonchev–Trinajstić information content (AvgIpc) is 3.87. The molecule has 8 rings (SSSR count). The molecule has 0 spiro atoms. The zero-order valence-corrected chi connectivity index (χ0v) is 47.1. The highest BCUT2D eigenvalue weighted by atomic mass is 35.5. The standard InChI is InChI=1S/2C27H43ClN8.CH4.ClH/c2*1-4-35(5-2)24-16-15-21(18-23(24)28)31-27-33-25(29-19-22-14-11-17-36(22)6-3)32-26(34-27)30-20-12-9-7-8-10-13-20;;/h2*15-16,18,20,22H,4-14,17,19H2,1-3H3,(H3,29,30,31,32,33,34);1H4;1H. The van der Waals surface area contributed by atoms with E-state index in [4.69, 9.17) is 53.1 Å². The molecule has 19 heteroatoms. The molecule has 4 heterocycles. The van der Waals surface area contributed by atoms with Crippen LogP contribution >= 0.6 is 35.6 Å². The van der Waals surface area contributed by atoms with Crippen molar-refractivity contribution in [1.82, 2.24) is 39.7 Å². The van der Waals surface area contributed by atoms with Gasteiger partial charge in [-0.25, -0.2) is 0 Å². The molecule has 16 nitrogen and oxygen atoms in total. The van der Waals surface area contributed by atoms with E-state index in [1.54, 1.807) is 0 Å². The maximum absolute atomic E-state index is 6.64. The highest BCUT2D eigenvalue weighted by molar-refractivity contribution is 6.34. The minimum atomic E-state index is 0. The van der Waals surface area contributed by atoms with Crippen LogP contribution in [0.15, 0.2) is 36.4 Å². The fraction of sp³-hybridized carbons (Fsp3) is 0.673. The van der Waals surface area contributed by atoms with Gasteiger partial charge in [0, 0.05) is 74.8 Å². The Bertz CT molecular complexity index is 2080. The van der Waals surface area contributed by atoms with E-state index in [1.807, 2.05) is 24.3 Å². The molecule has 2 aromatic heterocycles. The third-order valence-corrected chi connectivity index (χ3v) is 15.7. The Hall–Kier alpha value is -4.35. The van der Waals surface area contributed by atoms with Crippen molar-refractivity contribution >= 4 is 94.0 Å². The summed E-state index contributed by atoms with van der Waals surface area (Å²) in [6.07, 6.45) is 19.8. The number of anilines is 10. The van der Waals surface area contributed by atoms with Gasteiger partial charge in [0.2, 0.25) is 35.7 Å². The predicted molar refractivity (Wildman–Crippen MR) is 318 cm³/mol. The van der Waals surface area contributed by atoms with Crippen LogP contribution in [-0.2, 0) is 0 Å². The second-order valence-electron chi connectivity index (χ2n) is 19.8. The monoisotopic (exact) mass is 1080 g/mol. The molecule has 0 radical (unpaired) electrons. The first-order valence-corrected chi connectivity index (χ1v) is 28.6. The van der Waals surface area contributed by atoms with Crippen LogP contribution in [0.25, 0.3) is 0 Å². The summed E-state index contributed by atoms with van der Waals surface area (Å²) in [7, 11) is 0. The van der Waals surface area contributed by atoms with Gasteiger partial charge in [0.05, 0.1) is 21.4 Å².